The maximum absolute atomic E-state index is 11.3. The fourth-order valence-corrected chi connectivity index (χ4v) is 1.39. The highest BCUT2D eigenvalue weighted by atomic mass is 32.1. The molecule has 0 aliphatic carbocycles. The zero-order valence-electron chi connectivity index (χ0n) is 9.52. The minimum Gasteiger partial charge on any atom is -0.410 e. The van der Waals surface area contributed by atoms with Crippen molar-refractivity contribution in [3.05, 3.63) is 30.3 Å². The van der Waals surface area contributed by atoms with Crippen LogP contribution in [0.25, 0.3) is 0 Å². The number of carbonyl (C=O) groups is 1. The van der Waals surface area contributed by atoms with Gasteiger partial charge in [0.15, 0.2) is 0 Å². The van der Waals surface area contributed by atoms with E-state index in [9.17, 15) is 4.79 Å². The summed E-state index contributed by atoms with van der Waals surface area (Å²) in [4.78, 5) is 11.8. The number of carbonyl (C=O) groups excluding carboxylic acids is 1. The quantitative estimate of drug-likeness (QED) is 0.602. The summed E-state index contributed by atoms with van der Waals surface area (Å²) in [6, 6.07) is 8.94. The Labute approximate surface area is 106 Å². The van der Waals surface area contributed by atoms with Gasteiger partial charge in [0, 0.05) is 6.54 Å². The van der Waals surface area contributed by atoms with Crippen LogP contribution >= 0.6 is 12.2 Å². The van der Waals surface area contributed by atoms with E-state index in [1.807, 2.05) is 18.2 Å². The zero-order chi connectivity index (χ0) is 12.5. The molecular formula is C12H16N2O2S. The summed E-state index contributed by atoms with van der Waals surface area (Å²) in [7, 11) is 0. The molecule has 0 unspecified atom stereocenters. The van der Waals surface area contributed by atoms with Crippen LogP contribution < -0.4 is 15.8 Å². The molecular weight excluding hydrogens is 236 g/mol. The van der Waals surface area contributed by atoms with Crippen LogP contribution in [0.15, 0.2) is 30.3 Å². The van der Waals surface area contributed by atoms with Gasteiger partial charge in [-0.25, -0.2) is 4.79 Å². The van der Waals surface area contributed by atoms with Crippen LogP contribution in [0.5, 0.6) is 5.75 Å². The molecule has 1 aromatic carbocycles. The van der Waals surface area contributed by atoms with Crippen LogP contribution in [0.2, 0.25) is 0 Å². The van der Waals surface area contributed by atoms with Gasteiger partial charge in [-0.1, -0.05) is 30.4 Å². The zero-order valence-corrected chi connectivity index (χ0v) is 10.3. The summed E-state index contributed by atoms with van der Waals surface area (Å²) in [5.74, 6) is 0.535. The lowest BCUT2D eigenvalue weighted by atomic mass is 10.2. The van der Waals surface area contributed by atoms with Gasteiger partial charge in [-0.3, -0.25) is 0 Å². The molecule has 1 rings (SSSR count). The maximum Gasteiger partial charge on any atom is 0.412 e. The van der Waals surface area contributed by atoms with E-state index >= 15 is 0 Å². The van der Waals surface area contributed by atoms with Crippen molar-refractivity contribution in [3.63, 3.8) is 0 Å². The highest BCUT2D eigenvalue weighted by molar-refractivity contribution is 7.80. The minimum atomic E-state index is -0.438. The van der Waals surface area contributed by atoms with E-state index in [2.05, 4.69) is 5.32 Å². The molecule has 3 N–H and O–H groups in total. The van der Waals surface area contributed by atoms with Crippen LogP contribution in [0.3, 0.4) is 0 Å². The molecule has 0 spiro atoms. The number of unbranched alkanes of at least 4 members (excludes halogenated alkanes) is 1. The first kappa shape index (κ1) is 13.4. The van der Waals surface area contributed by atoms with E-state index in [4.69, 9.17) is 22.7 Å². The highest BCUT2D eigenvalue weighted by Crippen LogP contribution is 2.08. The summed E-state index contributed by atoms with van der Waals surface area (Å²) in [5.41, 5.74) is 5.36. The second-order valence-electron chi connectivity index (χ2n) is 3.55. The Kier molecular flexibility index (Phi) is 6.03. The van der Waals surface area contributed by atoms with Crippen molar-refractivity contribution in [2.45, 2.75) is 19.3 Å². The normalized spacial score (nSPS) is 9.65. The fraction of sp³-hybridized carbons (Fsp3) is 0.333. The van der Waals surface area contributed by atoms with Crippen LogP contribution in [-0.4, -0.2) is 17.6 Å². The number of hydrogen-bond donors (Lipinski definition) is 2. The van der Waals surface area contributed by atoms with E-state index in [1.165, 1.54) is 0 Å². The number of nitrogens with one attached hydrogen (secondary N) is 1. The molecule has 0 aliphatic rings. The molecule has 0 saturated carbocycles. The molecule has 4 nitrogen and oxygen atoms in total. The Bertz CT molecular complexity index is 368. The first-order valence-electron chi connectivity index (χ1n) is 5.47. The van der Waals surface area contributed by atoms with Crippen molar-refractivity contribution < 1.29 is 9.53 Å². The Hall–Kier alpha value is -1.62. The van der Waals surface area contributed by atoms with E-state index in [0.29, 0.717) is 23.7 Å². The smallest absolute Gasteiger partial charge is 0.410 e. The van der Waals surface area contributed by atoms with Crippen molar-refractivity contribution in [2.75, 3.05) is 6.54 Å². The van der Waals surface area contributed by atoms with Crippen molar-refractivity contribution in [1.29, 1.82) is 0 Å². The summed E-state index contributed by atoms with van der Waals surface area (Å²) in [6.45, 7) is 0.564. The summed E-state index contributed by atoms with van der Waals surface area (Å²) in [5, 5.41) is 2.66. The average molecular weight is 252 g/mol. The molecule has 5 heteroatoms. The second-order valence-corrected chi connectivity index (χ2v) is 4.08. The monoisotopic (exact) mass is 252 g/mol. The second kappa shape index (κ2) is 7.62. The lowest BCUT2D eigenvalue weighted by Gasteiger charge is -2.06. The topological polar surface area (TPSA) is 64.3 Å². The molecule has 1 amide bonds. The summed E-state index contributed by atoms with van der Waals surface area (Å²) in [6.07, 6.45) is 1.99. The summed E-state index contributed by atoms with van der Waals surface area (Å²) < 4.78 is 5.04. The van der Waals surface area contributed by atoms with Gasteiger partial charge in [0.25, 0.3) is 0 Å². The van der Waals surface area contributed by atoms with Gasteiger partial charge in [-0.2, -0.15) is 0 Å². The van der Waals surface area contributed by atoms with Gasteiger partial charge in [0.1, 0.15) is 5.75 Å². The van der Waals surface area contributed by atoms with Gasteiger partial charge in [-0.05, 0) is 31.4 Å². The molecule has 92 valence electrons. The van der Waals surface area contributed by atoms with Gasteiger partial charge in [0.05, 0.1) is 4.99 Å². The SMILES string of the molecule is NC(=S)CCCCNC(=O)Oc1ccccc1. The number of ether oxygens (including phenoxy) is 1. The first-order valence-corrected chi connectivity index (χ1v) is 5.88. The number of nitrogens with two attached hydrogens (primary N) is 1. The number of rotatable bonds is 6. The largest absolute Gasteiger partial charge is 0.412 e. The lowest BCUT2D eigenvalue weighted by Crippen LogP contribution is -2.27. The van der Waals surface area contributed by atoms with Crippen molar-refractivity contribution >= 4 is 23.3 Å². The molecule has 0 heterocycles. The molecule has 0 saturated heterocycles. The fourth-order valence-electron chi connectivity index (χ4n) is 1.25. The van der Waals surface area contributed by atoms with Crippen molar-refractivity contribution in [2.24, 2.45) is 5.73 Å². The Morgan fingerprint density at radius 3 is 2.65 bits per heavy atom. The number of hydrogen-bond acceptors (Lipinski definition) is 3. The van der Waals surface area contributed by atoms with Crippen LogP contribution in [-0.2, 0) is 0 Å². The van der Waals surface area contributed by atoms with Gasteiger partial charge in [-0.15, -0.1) is 0 Å². The predicted molar refractivity (Wildman–Crippen MR) is 71.1 cm³/mol. The summed E-state index contributed by atoms with van der Waals surface area (Å²) >= 11 is 4.75. The van der Waals surface area contributed by atoms with Gasteiger partial charge < -0.3 is 15.8 Å². The lowest BCUT2D eigenvalue weighted by molar-refractivity contribution is 0.200. The third kappa shape index (κ3) is 6.52. The van der Waals surface area contributed by atoms with E-state index in [0.717, 1.165) is 12.8 Å². The van der Waals surface area contributed by atoms with Crippen LogP contribution in [0.4, 0.5) is 4.79 Å². The molecule has 1 aromatic rings. The van der Waals surface area contributed by atoms with E-state index in [-0.39, 0.29) is 0 Å². The van der Waals surface area contributed by atoms with Gasteiger partial charge in [0.2, 0.25) is 0 Å². The molecule has 0 bridgehead atoms. The molecule has 0 aromatic heterocycles. The maximum atomic E-state index is 11.3. The Morgan fingerprint density at radius 2 is 2.00 bits per heavy atom. The van der Waals surface area contributed by atoms with Gasteiger partial charge >= 0.3 is 6.09 Å². The predicted octanol–water partition coefficient (Wildman–Crippen LogP) is 2.23. The highest BCUT2D eigenvalue weighted by Gasteiger charge is 2.02. The third-order valence-corrected chi connectivity index (χ3v) is 2.28. The number of para-hydroxylation sites is 1. The van der Waals surface area contributed by atoms with E-state index in [1.54, 1.807) is 12.1 Å². The standard InChI is InChI=1S/C12H16N2O2S/c13-11(17)8-4-5-9-14-12(15)16-10-6-2-1-3-7-10/h1-3,6-7H,4-5,8-9H2,(H2,13,17)(H,14,15). The van der Waals surface area contributed by atoms with Crippen LogP contribution in [0, 0.1) is 0 Å². The number of amides is 1. The van der Waals surface area contributed by atoms with Crippen molar-refractivity contribution in [3.8, 4) is 5.75 Å². The molecule has 0 aliphatic heterocycles. The molecule has 0 atom stereocenters. The first-order chi connectivity index (χ1) is 8.18. The van der Waals surface area contributed by atoms with Crippen LogP contribution in [0.1, 0.15) is 19.3 Å². The third-order valence-electron chi connectivity index (χ3n) is 2.07. The number of thiocarbonyl (C=S) groups is 1. The average Bonchev–Trinajstić information content (AvgIpc) is 2.29. The number of benzene rings is 1. The van der Waals surface area contributed by atoms with Crippen molar-refractivity contribution in [1.82, 2.24) is 5.32 Å². The van der Waals surface area contributed by atoms with E-state index < -0.39 is 6.09 Å². The Balaban J connectivity index is 2.12. The molecule has 0 radical (unpaired) electrons. The Morgan fingerprint density at radius 1 is 1.29 bits per heavy atom. The minimum absolute atomic E-state index is 0.438. The molecule has 0 fully saturated rings. The molecule has 17 heavy (non-hydrogen) atoms.